The van der Waals surface area contributed by atoms with Crippen LogP contribution in [0.4, 0.5) is 0 Å². The highest BCUT2D eigenvalue weighted by Crippen LogP contribution is 2.25. The smallest absolute Gasteiger partial charge is 0.325 e. The summed E-state index contributed by atoms with van der Waals surface area (Å²) >= 11 is 0. The number of carboxylic acid groups (broad SMARTS) is 1. The first kappa shape index (κ1) is 9.30. The number of carbonyl (C=O) groups is 1. The molecule has 1 aliphatic carbocycles. The van der Waals surface area contributed by atoms with Crippen LogP contribution < -0.4 is 5.32 Å². The fraction of sp³-hybridized carbons (Fsp3) is 0.778. The molecule has 14 heavy (non-hydrogen) atoms. The van der Waals surface area contributed by atoms with Crippen molar-refractivity contribution >= 4 is 12.0 Å². The van der Waals surface area contributed by atoms with Crippen molar-refractivity contribution in [2.45, 2.75) is 37.8 Å². The Hall–Kier alpha value is -1.26. The van der Waals surface area contributed by atoms with E-state index in [4.69, 9.17) is 9.84 Å². The topological polar surface area (TPSA) is 70.9 Å². The molecule has 0 radical (unpaired) electrons. The van der Waals surface area contributed by atoms with E-state index in [1.807, 2.05) is 0 Å². The van der Waals surface area contributed by atoms with Crippen molar-refractivity contribution < 1.29 is 14.6 Å². The lowest BCUT2D eigenvalue weighted by molar-refractivity contribution is -0.135. The van der Waals surface area contributed by atoms with Crippen molar-refractivity contribution in [3.05, 3.63) is 0 Å². The van der Waals surface area contributed by atoms with Gasteiger partial charge in [-0.05, 0) is 19.3 Å². The van der Waals surface area contributed by atoms with Crippen LogP contribution in [0.5, 0.6) is 0 Å². The third kappa shape index (κ3) is 1.97. The number of amidine groups is 1. The van der Waals surface area contributed by atoms with Crippen LogP contribution in [0.25, 0.3) is 0 Å². The molecule has 2 unspecified atom stereocenters. The lowest BCUT2D eigenvalue weighted by Crippen LogP contribution is -2.34. The molecule has 0 spiro atoms. The Kier molecular flexibility index (Phi) is 2.56. The molecular formula is C9H14N2O3. The fourth-order valence-corrected chi connectivity index (χ4v) is 1.96. The van der Waals surface area contributed by atoms with Gasteiger partial charge >= 0.3 is 5.97 Å². The third-order valence-electron chi connectivity index (χ3n) is 2.63. The standard InChI is InChI=1S/C9H14N2O3/c12-8(13)5-10-9-11-6-3-1-2-4-7(6)14-9/h6-7H,1-5H2,(H,10,11)(H,12,13). The number of ether oxygens (including phenoxy) is 1. The SMILES string of the molecule is O=C(O)CN=C1NC2CCCCC2O1. The summed E-state index contributed by atoms with van der Waals surface area (Å²) in [6, 6.07) is 0.751. The second-order valence-corrected chi connectivity index (χ2v) is 3.71. The number of hydrogen-bond acceptors (Lipinski definition) is 3. The van der Waals surface area contributed by atoms with Crippen molar-refractivity contribution in [3.8, 4) is 0 Å². The molecule has 1 heterocycles. The van der Waals surface area contributed by atoms with Crippen LogP contribution in [0.1, 0.15) is 25.7 Å². The van der Waals surface area contributed by atoms with Gasteiger partial charge in [-0.3, -0.25) is 4.79 Å². The lowest BCUT2D eigenvalue weighted by atomic mass is 9.93. The van der Waals surface area contributed by atoms with Gasteiger partial charge in [-0.15, -0.1) is 0 Å². The van der Waals surface area contributed by atoms with Crippen LogP contribution in [0, 0.1) is 0 Å². The number of aliphatic carboxylic acids is 1. The predicted molar refractivity (Wildman–Crippen MR) is 50.2 cm³/mol. The molecule has 5 nitrogen and oxygen atoms in total. The molecule has 1 saturated carbocycles. The van der Waals surface area contributed by atoms with Gasteiger partial charge in [0.05, 0.1) is 6.04 Å². The molecule has 1 aliphatic heterocycles. The zero-order valence-corrected chi connectivity index (χ0v) is 7.90. The van der Waals surface area contributed by atoms with Gasteiger partial charge in [0.2, 0.25) is 0 Å². The van der Waals surface area contributed by atoms with Crippen molar-refractivity contribution in [2.75, 3.05) is 6.54 Å². The summed E-state index contributed by atoms with van der Waals surface area (Å²) in [5.74, 6) is -0.933. The van der Waals surface area contributed by atoms with E-state index in [2.05, 4.69) is 10.3 Å². The molecule has 0 aromatic heterocycles. The number of aliphatic imine (C=N–C) groups is 1. The summed E-state index contributed by atoms with van der Waals surface area (Å²) in [6.45, 7) is -0.220. The van der Waals surface area contributed by atoms with E-state index >= 15 is 0 Å². The molecule has 2 aliphatic rings. The minimum Gasteiger partial charge on any atom is -0.480 e. The summed E-state index contributed by atoms with van der Waals surface area (Å²) in [6.07, 6.45) is 4.75. The van der Waals surface area contributed by atoms with Gasteiger partial charge < -0.3 is 15.2 Å². The lowest BCUT2D eigenvalue weighted by Gasteiger charge is -2.21. The van der Waals surface area contributed by atoms with E-state index in [0.29, 0.717) is 12.1 Å². The van der Waals surface area contributed by atoms with Gasteiger partial charge in [0.15, 0.2) is 0 Å². The summed E-state index contributed by atoms with van der Waals surface area (Å²) in [4.78, 5) is 14.1. The molecule has 2 N–H and O–H groups in total. The van der Waals surface area contributed by atoms with Crippen LogP contribution in [-0.2, 0) is 9.53 Å². The van der Waals surface area contributed by atoms with E-state index in [1.54, 1.807) is 0 Å². The molecule has 0 aromatic rings. The monoisotopic (exact) mass is 198 g/mol. The van der Waals surface area contributed by atoms with E-state index < -0.39 is 5.97 Å². The highest BCUT2D eigenvalue weighted by atomic mass is 16.5. The van der Waals surface area contributed by atoms with E-state index in [9.17, 15) is 4.79 Å². The average molecular weight is 198 g/mol. The number of carboxylic acids is 1. The molecule has 1 saturated heterocycles. The Morgan fingerprint density at radius 3 is 3.07 bits per heavy atom. The Morgan fingerprint density at radius 2 is 2.36 bits per heavy atom. The maximum atomic E-state index is 10.3. The molecule has 0 amide bonds. The molecule has 0 aromatic carbocycles. The second kappa shape index (κ2) is 3.86. The zero-order valence-electron chi connectivity index (χ0n) is 7.90. The largest absolute Gasteiger partial charge is 0.480 e. The Bertz CT molecular complexity index is 249. The van der Waals surface area contributed by atoms with Crippen molar-refractivity contribution in [2.24, 2.45) is 4.99 Å². The summed E-state index contributed by atoms with van der Waals surface area (Å²) in [5, 5.41) is 11.6. The van der Waals surface area contributed by atoms with Gasteiger partial charge in [-0.1, -0.05) is 6.42 Å². The first-order valence-corrected chi connectivity index (χ1v) is 4.95. The summed E-state index contributed by atoms with van der Waals surface area (Å²) < 4.78 is 5.49. The fourth-order valence-electron chi connectivity index (χ4n) is 1.96. The molecule has 0 bridgehead atoms. The maximum Gasteiger partial charge on any atom is 0.325 e. The van der Waals surface area contributed by atoms with Crippen LogP contribution in [0.15, 0.2) is 4.99 Å². The number of nitrogens with one attached hydrogen (secondary N) is 1. The maximum absolute atomic E-state index is 10.3. The highest BCUT2D eigenvalue weighted by molar-refractivity contribution is 5.79. The molecule has 2 atom stereocenters. The van der Waals surface area contributed by atoms with Gasteiger partial charge in [-0.25, -0.2) is 4.99 Å². The second-order valence-electron chi connectivity index (χ2n) is 3.71. The van der Waals surface area contributed by atoms with Gasteiger partial charge in [0.25, 0.3) is 6.02 Å². The van der Waals surface area contributed by atoms with E-state index in [0.717, 1.165) is 12.8 Å². The Morgan fingerprint density at radius 1 is 1.57 bits per heavy atom. The first-order chi connectivity index (χ1) is 6.75. The van der Waals surface area contributed by atoms with Gasteiger partial charge in [0.1, 0.15) is 12.6 Å². The predicted octanol–water partition coefficient (Wildman–Crippen LogP) is 0.358. The molecule has 2 fully saturated rings. The minimum absolute atomic E-state index is 0.205. The molecule has 78 valence electrons. The highest BCUT2D eigenvalue weighted by Gasteiger charge is 2.34. The number of hydrogen-bond donors (Lipinski definition) is 2. The van der Waals surface area contributed by atoms with Crippen molar-refractivity contribution in [1.29, 1.82) is 0 Å². The number of fused-ring (bicyclic) bond motifs is 1. The molecule has 2 rings (SSSR count). The molecular weight excluding hydrogens is 184 g/mol. The van der Waals surface area contributed by atoms with E-state index in [1.165, 1.54) is 12.8 Å². The average Bonchev–Trinajstić information content (AvgIpc) is 2.57. The van der Waals surface area contributed by atoms with Gasteiger partial charge in [0, 0.05) is 0 Å². The summed E-state index contributed by atoms with van der Waals surface area (Å²) in [7, 11) is 0. The van der Waals surface area contributed by atoms with Crippen LogP contribution in [-0.4, -0.2) is 35.8 Å². The van der Waals surface area contributed by atoms with E-state index in [-0.39, 0.29) is 12.6 Å². The Labute approximate surface area is 82.2 Å². The minimum atomic E-state index is -0.933. The zero-order chi connectivity index (χ0) is 9.97. The number of rotatable bonds is 2. The molecule has 5 heteroatoms. The Balaban J connectivity index is 1.92. The van der Waals surface area contributed by atoms with Crippen LogP contribution >= 0.6 is 0 Å². The summed E-state index contributed by atoms with van der Waals surface area (Å²) in [5.41, 5.74) is 0. The van der Waals surface area contributed by atoms with Crippen molar-refractivity contribution in [3.63, 3.8) is 0 Å². The van der Waals surface area contributed by atoms with Gasteiger partial charge in [-0.2, -0.15) is 0 Å². The number of nitrogens with zero attached hydrogens (tertiary/aromatic N) is 1. The third-order valence-corrected chi connectivity index (χ3v) is 2.63. The van der Waals surface area contributed by atoms with Crippen LogP contribution in [0.2, 0.25) is 0 Å². The quantitative estimate of drug-likeness (QED) is 0.672. The van der Waals surface area contributed by atoms with Crippen LogP contribution in [0.3, 0.4) is 0 Å². The van der Waals surface area contributed by atoms with Crippen molar-refractivity contribution in [1.82, 2.24) is 5.32 Å². The first-order valence-electron chi connectivity index (χ1n) is 4.95. The normalized spacial score (nSPS) is 33.3.